The second-order valence-corrected chi connectivity index (χ2v) is 8.06. The molecule has 0 aromatic heterocycles. The van der Waals surface area contributed by atoms with Crippen LogP contribution in [0.3, 0.4) is 0 Å². The van der Waals surface area contributed by atoms with E-state index in [9.17, 15) is 23.6 Å². The number of anilines is 2. The molecule has 0 saturated heterocycles. The molecule has 0 radical (unpaired) electrons. The lowest BCUT2D eigenvalue weighted by Crippen LogP contribution is -2.21. The number of hydrogen-bond donors (Lipinski definition) is 2. The van der Waals surface area contributed by atoms with E-state index < -0.39 is 30.1 Å². The number of halogens is 3. The van der Waals surface area contributed by atoms with E-state index in [1.807, 2.05) is 6.07 Å². The third-order valence-corrected chi connectivity index (χ3v) is 5.19. The van der Waals surface area contributed by atoms with Crippen LogP contribution >= 0.6 is 15.9 Å². The summed E-state index contributed by atoms with van der Waals surface area (Å²) >= 11 is 3.36. The quantitative estimate of drug-likeness (QED) is 0.261. The molecule has 36 heavy (non-hydrogen) atoms. The Bertz CT molecular complexity index is 1340. The molecule has 0 spiro atoms. The maximum atomic E-state index is 13.8. The van der Waals surface area contributed by atoms with Crippen molar-refractivity contribution in [3.05, 3.63) is 87.9 Å². The number of para-hydroxylation sites is 1. The average molecular weight is 556 g/mol. The van der Waals surface area contributed by atoms with Gasteiger partial charge in [-0.2, -0.15) is 5.26 Å². The summed E-state index contributed by atoms with van der Waals surface area (Å²) in [4.78, 5) is 24.8. The highest BCUT2D eigenvalue weighted by atomic mass is 79.9. The number of amides is 2. The Kier molecular flexibility index (Phi) is 9.13. The van der Waals surface area contributed by atoms with Crippen LogP contribution < -0.4 is 20.1 Å². The Labute approximate surface area is 214 Å². The van der Waals surface area contributed by atoms with Crippen LogP contribution in [0.1, 0.15) is 12.5 Å². The lowest BCUT2D eigenvalue weighted by molar-refractivity contribution is -0.118. The molecule has 0 aliphatic heterocycles. The lowest BCUT2D eigenvalue weighted by Gasteiger charge is -2.15. The number of rotatable bonds is 9. The zero-order chi connectivity index (χ0) is 26.1. The summed E-state index contributed by atoms with van der Waals surface area (Å²) in [5.74, 6) is -1.81. The van der Waals surface area contributed by atoms with Gasteiger partial charge < -0.3 is 20.1 Å². The van der Waals surface area contributed by atoms with Gasteiger partial charge in [-0.3, -0.25) is 9.59 Å². The molecule has 0 atom stereocenters. The van der Waals surface area contributed by atoms with E-state index in [1.54, 1.807) is 25.1 Å². The summed E-state index contributed by atoms with van der Waals surface area (Å²) in [6, 6.07) is 15.8. The fourth-order valence-electron chi connectivity index (χ4n) is 3.01. The molecule has 0 unspecified atom stereocenters. The number of benzene rings is 3. The van der Waals surface area contributed by atoms with Crippen molar-refractivity contribution in [3.8, 4) is 17.6 Å². The Morgan fingerprint density at radius 2 is 1.78 bits per heavy atom. The summed E-state index contributed by atoms with van der Waals surface area (Å²) in [6.07, 6.45) is 1.35. The van der Waals surface area contributed by atoms with Gasteiger partial charge in [-0.15, -0.1) is 0 Å². The molecular weight excluding hydrogens is 536 g/mol. The van der Waals surface area contributed by atoms with Crippen molar-refractivity contribution in [2.24, 2.45) is 0 Å². The molecule has 0 aliphatic carbocycles. The van der Waals surface area contributed by atoms with Gasteiger partial charge in [-0.1, -0.05) is 12.1 Å². The van der Waals surface area contributed by atoms with Crippen LogP contribution in [0.5, 0.6) is 11.5 Å². The number of nitriles is 1. The first-order chi connectivity index (χ1) is 17.3. The summed E-state index contributed by atoms with van der Waals surface area (Å²) in [7, 11) is 0. The van der Waals surface area contributed by atoms with Gasteiger partial charge in [-0.05, 0) is 83.0 Å². The van der Waals surface area contributed by atoms with Crippen molar-refractivity contribution < 1.29 is 27.8 Å². The molecule has 0 aliphatic rings. The number of carbonyl (C=O) groups excluding carboxylic acids is 2. The molecule has 184 valence electrons. The normalized spacial score (nSPS) is 10.8. The number of carbonyl (C=O) groups is 2. The zero-order valence-electron chi connectivity index (χ0n) is 19.0. The first kappa shape index (κ1) is 26.4. The van der Waals surface area contributed by atoms with Crippen LogP contribution in [0, 0.1) is 23.0 Å². The SMILES string of the molecule is CCOc1cc(/C=C(\C#N)C(=O)Nc2ccc(F)cc2)cc(Br)c1OCC(=O)Nc1ccccc1F. The zero-order valence-corrected chi connectivity index (χ0v) is 20.6. The van der Waals surface area contributed by atoms with E-state index in [2.05, 4.69) is 26.6 Å². The van der Waals surface area contributed by atoms with Crippen LogP contribution in [0.15, 0.2) is 70.7 Å². The Hall–Kier alpha value is -4.23. The summed E-state index contributed by atoms with van der Waals surface area (Å²) < 4.78 is 38.5. The highest BCUT2D eigenvalue weighted by Crippen LogP contribution is 2.37. The Balaban J connectivity index is 1.77. The summed E-state index contributed by atoms with van der Waals surface area (Å²) in [5, 5.41) is 14.4. The molecule has 10 heteroatoms. The van der Waals surface area contributed by atoms with Crippen molar-refractivity contribution in [3.63, 3.8) is 0 Å². The fourth-order valence-corrected chi connectivity index (χ4v) is 3.58. The van der Waals surface area contributed by atoms with E-state index in [0.717, 1.165) is 0 Å². The van der Waals surface area contributed by atoms with E-state index in [-0.39, 0.29) is 29.4 Å². The van der Waals surface area contributed by atoms with Crippen molar-refractivity contribution in [1.82, 2.24) is 0 Å². The summed E-state index contributed by atoms with van der Waals surface area (Å²) in [6.45, 7) is 1.60. The highest BCUT2D eigenvalue weighted by molar-refractivity contribution is 9.10. The van der Waals surface area contributed by atoms with Gasteiger partial charge in [0, 0.05) is 5.69 Å². The number of ether oxygens (including phenoxy) is 2. The molecule has 0 heterocycles. The van der Waals surface area contributed by atoms with Gasteiger partial charge in [0.15, 0.2) is 18.1 Å². The van der Waals surface area contributed by atoms with E-state index in [1.165, 1.54) is 48.5 Å². The molecule has 2 amide bonds. The second-order valence-electron chi connectivity index (χ2n) is 7.21. The predicted octanol–water partition coefficient (Wildman–Crippen LogP) is 5.69. The molecule has 0 saturated carbocycles. The molecule has 3 aromatic carbocycles. The lowest BCUT2D eigenvalue weighted by atomic mass is 10.1. The first-order valence-corrected chi connectivity index (χ1v) is 11.4. The topological polar surface area (TPSA) is 100 Å². The van der Waals surface area contributed by atoms with Crippen LogP contribution in [0.2, 0.25) is 0 Å². The number of nitrogens with zero attached hydrogens (tertiary/aromatic N) is 1. The van der Waals surface area contributed by atoms with Crippen LogP contribution in [0.25, 0.3) is 6.08 Å². The standard InChI is InChI=1S/C26H20BrF2N3O4/c1-2-35-23-13-16(11-17(14-30)26(34)31-19-9-7-18(28)8-10-19)12-20(27)25(23)36-15-24(33)32-22-6-4-3-5-21(22)29/h3-13H,2,15H2,1H3,(H,31,34)(H,32,33)/b17-11+. The smallest absolute Gasteiger partial charge is 0.266 e. The molecule has 7 nitrogen and oxygen atoms in total. The third-order valence-electron chi connectivity index (χ3n) is 4.61. The molecule has 0 fully saturated rings. The minimum absolute atomic E-state index is 0.0265. The monoisotopic (exact) mass is 555 g/mol. The van der Waals surface area contributed by atoms with Crippen LogP contribution in [-0.2, 0) is 9.59 Å². The van der Waals surface area contributed by atoms with E-state index in [4.69, 9.17) is 9.47 Å². The van der Waals surface area contributed by atoms with Gasteiger partial charge in [-0.25, -0.2) is 8.78 Å². The minimum Gasteiger partial charge on any atom is -0.490 e. The predicted molar refractivity (Wildman–Crippen MR) is 134 cm³/mol. The third kappa shape index (κ3) is 7.13. The van der Waals surface area contributed by atoms with Crippen molar-refractivity contribution in [2.45, 2.75) is 6.92 Å². The van der Waals surface area contributed by atoms with Gasteiger partial charge in [0.1, 0.15) is 23.3 Å². The molecule has 3 aromatic rings. The van der Waals surface area contributed by atoms with Crippen molar-refractivity contribution in [2.75, 3.05) is 23.8 Å². The fraction of sp³-hybridized carbons (Fsp3) is 0.115. The van der Waals surface area contributed by atoms with Crippen LogP contribution in [-0.4, -0.2) is 25.0 Å². The highest BCUT2D eigenvalue weighted by Gasteiger charge is 2.16. The van der Waals surface area contributed by atoms with E-state index in [0.29, 0.717) is 15.7 Å². The number of nitrogens with one attached hydrogen (secondary N) is 2. The van der Waals surface area contributed by atoms with Crippen LogP contribution in [0.4, 0.5) is 20.2 Å². The van der Waals surface area contributed by atoms with Gasteiger partial charge in [0.05, 0.1) is 16.8 Å². The van der Waals surface area contributed by atoms with E-state index >= 15 is 0 Å². The maximum Gasteiger partial charge on any atom is 0.266 e. The second kappa shape index (κ2) is 12.5. The number of hydrogen-bond acceptors (Lipinski definition) is 5. The molecule has 2 N–H and O–H groups in total. The Morgan fingerprint density at radius 1 is 1.06 bits per heavy atom. The van der Waals surface area contributed by atoms with Gasteiger partial charge >= 0.3 is 0 Å². The first-order valence-electron chi connectivity index (χ1n) is 10.6. The molecular formula is C26H20BrF2N3O4. The largest absolute Gasteiger partial charge is 0.490 e. The van der Waals surface area contributed by atoms with Crippen molar-refractivity contribution >= 4 is 45.2 Å². The van der Waals surface area contributed by atoms with Gasteiger partial charge in [0.2, 0.25) is 0 Å². The van der Waals surface area contributed by atoms with Crippen molar-refractivity contribution in [1.29, 1.82) is 5.26 Å². The maximum absolute atomic E-state index is 13.8. The van der Waals surface area contributed by atoms with Gasteiger partial charge in [0.25, 0.3) is 11.8 Å². The molecule has 0 bridgehead atoms. The summed E-state index contributed by atoms with van der Waals surface area (Å²) in [5.41, 5.74) is 0.598. The minimum atomic E-state index is -0.677. The Morgan fingerprint density at radius 3 is 2.44 bits per heavy atom. The average Bonchev–Trinajstić information content (AvgIpc) is 2.85. The molecule has 3 rings (SSSR count).